The molecular weight excluding hydrogens is 523 g/mol. The molecule has 210 valence electrons. The van der Waals surface area contributed by atoms with Gasteiger partial charge in [0.2, 0.25) is 5.91 Å². The highest BCUT2D eigenvalue weighted by atomic mass is 19.4. The van der Waals surface area contributed by atoms with E-state index in [1.165, 1.54) is 6.07 Å². The number of carbonyl (C=O) groups excluding carboxylic acids is 1. The fourth-order valence-corrected chi connectivity index (χ4v) is 6.52. The van der Waals surface area contributed by atoms with E-state index in [2.05, 4.69) is 6.58 Å². The molecule has 0 bridgehead atoms. The molecule has 0 aromatic heterocycles. The number of amides is 1. The monoisotopic (exact) mass is 553 g/mol. The van der Waals surface area contributed by atoms with E-state index in [4.69, 9.17) is 0 Å². The minimum Gasteiger partial charge on any atom is -0.339 e. The van der Waals surface area contributed by atoms with Crippen LogP contribution in [0, 0.1) is 11.8 Å². The van der Waals surface area contributed by atoms with Gasteiger partial charge in [-0.3, -0.25) is 4.79 Å². The highest BCUT2D eigenvalue weighted by Gasteiger charge is 2.73. The number of benzene rings is 2. The molecule has 0 N–H and O–H groups in total. The smallest absolute Gasteiger partial charge is 0.339 e. The van der Waals surface area contributed by atoms with Gasteiger partial charge in [-0.05, 0) is 67.2 Å². The predicted octanol–water partition coefficient (Wildman–Crippen LogP) is 7.91. The van der Waals surface area contributed by atoms with Gasteiger partial charge in [0.05, 0.1) is 0 Å². The molecule has 2 aliphatic carbocycles. The molecule has 2 aromatic carbocycles. The summed E-state index contributed by atoms with van der Waals surface area (Å²) in [6.45, 7) is 6.30. The number of carbonyl (C=O) groups is 1. The normalized spacial score (nSPS) is 23.7. The lowest BCUT2D eigenvalue weighted by molar-refractivity contribution is -0.348. The lowest BCUT2D eigenvalue weighted by Crippen LogP contribution is -2.50. The number of hydrogen-bond donors (Lipinski definition) is 0. The van der Waals surface area contributed by atoms with Gasteiger partial charge >= 0.3 is 18.0 Å². The number of alkyl halides is 7. The van der Waals surface area contributed by atoms with Crippen molar-refractivity contribution in [3.63, 3.8) is 0 Å². The summed E-state index contributed by atoms with van der Waals surface area (Å²) in [6, 6.07) is 10.3. The molecule has 1 saturated heterocycles. The molecule has 2 fully saturated rings. The first-order valence-corrected chi connectivity index (χ1v) is 13.2. The minimum absolute atomic E-state index is 0.0336. The van der Waals surface area contributed by atoms with E-state index >= 15 is 0 Å². The Morgan fingerprint density at radius 1 is 0.949 bits per heavy atom. The summed E-state index contributed by atoms with van der Waals surface area (Å²) < 4.78 is 95.4. The van der Waals surface area contributed by atoms with Crippen LogP contribution < -0.4 is 0 Å². The molecular formula is C30H30F7NO. The summed E-state index contributed by atoms with van der Waals surface area (Å²) in [5.41, 5.74) is -3.10. The van der Waals surface area contributed by atoms with Crippen molar-refractivity contribution in [2.45, 2.75) is 75.4 Å². The Morgan fingerprint density at radius 2 is 1.59 bits per heavy atom. The summed E-state index contributed by atoms with van der Waals surface area (Å²) in [5, 5.41) is 0. The van der Waals surface area contributed by atoms with Crippen LogP contribution in [0.5, 0.6) is 0 Å². The van der Waals surface area contributed by atoms with Crippen LogP contribution in [0.25, 0.3) is 5.57 Å². The van der Waals surface area contributed by atoms with Crippen LogP contribution in [0.2, 0.25) is 0 Å². The van der Waals surface area contributed by atoms with Gasteiger partial charge in [0, 0.05) is 30.0 Å². The Labute approximate surface area is 222 Å². The van der Waals surface area contributed by atoms with Gasteiger partial charge in [-0.2, -0.15) is 26.3 Å². The van der Waals surface area contributed by atoms with Gasteiger partial charge in [0.25, 0.3) is 0 Å². The third kappa shape index (κ3) is 4.65. The minimum atomic E-state index is -6.16. The molecule has 1 amide bonds. The molecule has 2 aromatic rings. The Morgan fingerprint density at radius 3 is 2.13 bits per heavy atom. The van der Waals surface area contributed by atoms with Crippen LogP contribution in [0.1, 0.15) is 66.3 Å². The lowest BCUT2D eigenvalue weighted by atomic mass is 9.72. The molecule has 9 heteroatoms. The Hall–Kier alpha value is -2.84. The Balaban J connectivity index is 1.52. The molecule has 3 atom stereocenters. The summed E-state index contributed by atoms with van der Waals surface area (Å²) in [4.78, 5) is 15.2. The molecule has 0 spiro atoms. The van der Waals surface area contributed by atoms with E-state index in [0.29, 0.717) is 31.0 Å². The van der Waals surface area contributed by atoms with E-state index in [9.17, 15) is 35.5 Å². The van der Waals surface area contributed by atoms with Crippen LogP contribution in [-0.4, -0.2) is 35.7 Å². The number of hydrogen-bond acceptors (Lipinski definition) is 1. The molecule has 1 heterocycles. The largest absolute Gasteiger partial charge is 0.435 e. The van der Waals surface area contributed by atoms with Gasteiger partial charge < -0.3 is 4.90 Å². The topological polar surface area (TPSA) is 20.3 Å². The summed E-state index contributed by atoms with van der Waals surface area (Å²) >= 11 is 0. The second-order valence-electron chi connectivity index (χ2n) is 11.3. The van der Waals surface area contributed by atoms with E-state index in [1.807, 2.05) is 36.1 Å². The van der Waals surface area contributed by atoms with Crippen LogP contribution >= 0.6 is 0 Å². The SMILES string of the molecule is C=C(C)c1ccc(CC2CN(C(=O)C3CCC3)[C@@H]3CCc4cc(C(F)(C(F)(F)F)C(F)(F)F)ccc4[C@H]23)cc1. The first-order valence-electron chi connectivity index (χ1n) is 13.2. The number of nitrogens with zero attached hydrogens (tertiary/aromatic N) is 1. The third-order valence-corrected chi connectivity index (χ3v) is 8.83. The van der Waals surface area contributed by atoms with Gasteiger partial charge in [0.15, 0.2) is 0 Å². The number of likely N-dealkylation sites (tertiary alicyclic amines) is 1. The lowest BCUT2D eigenvalue weighted by Gasteiger charge is -2.38. The number of halogens is 7. The van der Waals surface area contributed by atoms with Crippen LogP contribution in [0.4, 0.5) is 30.7 Å². The average Bonchev–Trinajstić information content (AvgIpc) is 3.19. The number of fused-ring (bicyclic) bond motifs is 3. The second-order valence-corrected chi connectivity index (χ2v) is 11.3. The van der Waals surface area contributed by atoms with Crippen LogP contribution in [-0.2, 0) is 23.3 Å². The van der Waals surface area contributed by atoms with E-state index in [-0.39, 0.29) is 41.7 Å². The van der Waals surface area contributed by atoms with Crippen molar-refractivity contribution in [2.75, 3.05) is 6.54 Å². The quantitative estimate of drug-likeness (QED) is 0.345. The van der Waals surface area contributed by atoms with Crippen molar-refractivity contribution in [3.8, 4) is 0 Å². The summed E-state index contributed by atoms with van der Waals surface area (Å²) in [7, 11) is 0. The fourth-order valence-electron chi connectivity index (χ4n) is 6.52. The Kier molecular flexibility index (Phi) is 6.87. The maximum absolute atomic E-state index is 14.8. The summed E-state index contributed by atoms with van der Waals surface area (Å²) in [5.74, 6) is -0.305. The fraction of sp³-hybridized carbons (Fsp3) is 0.500. The molecule has 39 heavy (non-hydrogen) atoms. The number of rotatable bonds is 5. The van der Waals surface area contributed by atoms with E-state index in [1.54, 1.807) is 0 Å². The van der Waals surface area contributed by atoms with E-state index in [0.717, 1.165) is 42.0 Å². The van der Waals surface area contributed by atoms with Gasteiger partial charge in [-0.1, -0.05) is 61.0 Å². The zero-order valence-electron chi connectivity index (χ0n) is 21.5. The molecule has 1 saturated carbocycles. The molecule has 3 aliphatic rings. The van der Waals surface area contributed by atoms with Gasteiger partial charge in [-0.25, -0.2) is 4.39 Å². The zero-order chi connectivity index (χ0) is 28.3. The van der Waals surface area contributed by atoms with Crippen molar-refractivity contribution in [3.05, 3.63) is 76.9 Å². The van der Waals surface area contributed by atoms with Crippen molar-refractivity contribution in [1.82, 2.24) is 4.90 Å². The third-order valence-electron chi connectivity index (χ3n) is 8.83. The van der Waals surface area contributed by atoms with Crippen molar-refractivity contribution < 1.29 is 35.5 Å². The van der Waals surface area contributed by atoms with Gasteiger partial charge in [0.1, 0.15) is 0 Å². The first-order chi connectivity index (χ1) is 18.2. The Bertz CT molecular complexity index is 1250. The number of allylic oxidation sites excluding steroid dienone is 1. The first kappa shape index (κ1) is 27.7. The summed E-state index contributed by atoms with van der Waals surface area (Å²) in [6.07, 6.45) is -8.51. The maximum atomic E-state index is 14.8. The average molecular weight is 554 g/mol. The van der Waals surface area contributed by atoms with E-state index < -0.39 is 23.6 Å². The predicted molar refractivity (Wildman–Crippen MR) is 134 cm³/mol. The van der Waals surface area contributed by atoms with Crippen molar-refractivity contribution >= 4 is 11.5 Å². The molecule has 5 rings (SSSR count). The second kappa shape index (κ2) is 9.66. The van der Waals surface area contributed by atoms with Crippen molar-refractivity contribution in [2.24, 2.45) is 11.8 Å². The molecule has 1 aliphatic heterocycles. The number of aryl methyl sites for hydroxylation is 1. The standard InChI is InChI=1S/C30H30F7NO/c1-17(2)19-8-6-18(7-9-19)14-22-16-38(27(39)20-4-3-5-20)25-13-10-21-15-23(11-12-24(21)26(22)25)28(31,29(32,33)34)30(35,36)37/h6-9,11-12,15,20,22,25-26H,1,3-5,10,13-14,16H2,2H3/t22?,25-,26+/m1/s1. The molecule has 0 radical (unpaired) electrons. The van der Waals surface area contributed by atoms with Crippen molar-refractivity contribution in [1.29, 1.82) is 0 Å². The van der Waals surface area contributed by atoms with Crippen LogP contribution in [0.3, 0.4) is 0 Å². The van der Waals surface area contributed by atoms with Gasteiger partial charge in [-0.15, -0.1) is 0 Å². The highest BCUT2D eigenvalue weighted by Crippen LogP contribution is 2.55. The van der Waals surface area contributed by atoms with Crippen LogP contribution in [0.15, 0.2) is 49.0 Å². The maximum Gasteiger partial charge on any atom is 0.435 e. The molecule has 2 nitrogen and oxygen atoms in total. The zero-order valence-corrected chi connectivity index (χ0v) is 21.5. The molecule has 1 unspecified atom stereocenters. The highest BCUT2D eigenvalue weighted by molar-refractivity contribution is 5.80.